The van der Waals surface area contributed by atoms with Crippen LogP contribution in [0.1, 0.15) is 74.8 Å². The predicted octanol–water partition coefficient (Wildman–Crippen LogP) is 4.82. The minimum atomic E-state index is -4.58. The van der Waals surface area contributed by atoms with E-state index in [2.05, 4.69) is 15.7 Å². The molecule has 0 spiro atoms. The summed E-state index contributed by atoms with van der Waals surface area (Å²) in [5, 5.41) is 9.91. The lowest BCUT2D eigenvalue weighted by Gasteiger charge is -2.32. The molecule has 12 heteroatoms. The molecular weight excluding hydrogens is 471 g/mol. The van der Waals surface area contributed by atoms with Crippen LogP contribution in [0.2, 0.25) is 0 Å². The largest absolute Gasteiger partial charge is 0.467 e. The molecule has 5 rings (SSSR count). The van der Waals surface area contributed by atoms with Crippen LogP contribution in [0.3, 0.4) is 0 Å². The number of aryl methyl sites for hydroxylation is 1. The number of nitrogens with one attached hydrogen (secondary N) is 2. The van der Waals surface area contributed by atoms with Gasteiger partial charge in [0.2, 0.25) is 0 Å². The molecule has 0 bridgehead atoms. The van der Waals surface area contributed by atoms with E-state index in [1.54, 1.807) is 12.1 Å². The van der Waals surface area contributed by atoms with Crippen LogP contribution in [0.15, 0.2) is 28.9 Å². The van der Waals surface area contributed by atoms with Gasteiger partial charge in [0.1, 0.15) is 16.6 Å². The van der Waals surface area contributed by atoms with Gasteiger partial charge < -0.3 is 20.8 Å². The molecule has 1 aliphatic carbocycles. The van der Waals surface area contributed by atoms with Crippen molar-refractivity contribution in [3.05, 3.63) is 51.9 Å². The van der Waals surface area contributed by atoms with Gasteiger partial charge in [-0.3, -0.25) is 9.59 Å². The lowest BCUT2D eigenvalue weighted by molar-refractivity contribution is -0.174. The normalized spacial score (nSPS) is 20.1. The molecule has 3 aromatic rings. The number of thiophene rings is 1. The molecule has 2 aliphatic rings. The van der Waals surface area contributed by atoms with E-state index in [1.807, 2.05) is 0 Å². The van der Waals surface area contributed by atoms with Gasteiger partial charge in [-0.15, -0.1) is 11.3 Å². The van der Waals surface area contributed by atoms with E-state index in [4.69, 9.17) is 10.2 Å². The van der Waals surface area contributed by atoms with E-state index in [1.165, 1.54) is 23.7 Å². The van der Waals surface area contributed by atoms with Crippen molar-refractivity contribution in [3.63, 3.8) is 0 Å². The molecule has 0 saturated carbocycles. The lowest BCUT2D eigenvalue weighted by Crippen LogP contribution is -2.35. The van der Waals surface area contributed by atoms with Gasteiger partial charge in [0, 0.05) is 17.4 Å². The van der Waals surface area contributed by atoms with Crippen molar-refractivity contribution in [2.75, 3.05) is 10.6 Å². The third-order valence-corrected chi connectivity index (χ3v) is 7.41. The van der Waals surface area contributed by atoms with Crippen molar-refractivity contribution in [1.29, 1.82) is 0 Å². The SMILES string of the molecule is NC(=O)c1c(NC(=O)c2cc3n(n2)[C@@H](C(F)(F)F)C[C@H](c2ccco2)N3)sc2c1CCCCC2. The average molecular weight is 494 g/mol. The van der Waals surface area contributed by atoms with Crippen molar-refractivity contribution in [2.24, 2.45) is 5.73 Å². The quantitative estimate of drug-likeness (QED) is 0.451. The number of halogens is 3. The number of aromatic nitrogens is 2. The van der Waals surface area contributed by atoms with Gasteiger partial charge in [0.25, 0.3) is 11.8 Å². The highest BCUT2D eigenvalue weighted by molar-refractivity contribution is 7.17. The predicted molar refractivity (Wildman–Crippen MR) is 119 cm³/mol. The Balaban J connectivity index is 1.45. The third-order valence-electron chi connectivity index (χ3n) is 6.20. The summed E-state index contributed by atoms with van der Waals surface area (Å²) >= 11 is 1.29. The average Bonchev–Trinajstić information content (AvgIpc) is 3.48. The van der Waals surface area contributed by atoms with E-state index in [-0.39, 0.29) is 23.5 Å². The maximum absolute atomic E-state index is 13.8. The Morgan fingerprint density at radius 3 is 2.76 bits per heavy atom. The molecule has 0 fully saturated rings. The topological polar surface area (TPSA) is 115 Å². The summed E-state index contributed by atoms with van der Waals surface area (Å²) in [6.45, 7) is 0. The summed E-state index contributed by atoms with van der Waals surface area (Å²) < 4.78 is 47.6. The zero-order valence-electron chi connectivity index (χ0n) is 17.9. The van der Waals surface area contributed by atoms with Crippen LogP contribution in [0.5, 0.6) is 0 Å². The summed E-state index contributed by atoms with van der Waals surface area (Å²) in [6, 6.07) is 1.81. The molecule has 180 valence electrons. The van der Waals surface area contributed by atoms with Crippen molar-refractivity contribution in [3.8, 4) is 0 Å². The summed E-state index contributed by atoms with van der Waals surface area (Å²) in [6.07, 6.45) is 0.921. The molecule has 0 radical (unpaired) electrons. The number of amides is 2. The summed E-state index contributed by atoms with van der Waals surface area (Å²) in [4.78, 5) is 26.2. The van der Waals surface area contributed by atoms with Gasteiger partial charge in [-0.05, 0) is 43.4 Å². The Morgan fingerprint density at radius 2 is 2.06 bits per heavy atom. The Kier molecular flexibility index (Phi) is 5.62. The number of fused-ring (bicyclic) bond motifs is 2. The molecular formula is C22H22F3N5O3S. The van der Waals surface area contributed by atoms with Gasteiger partial charge in [0.05, 0.1) is 17.9 Å². The fourth-order valence-corrected chi connectivity index (χ4v) is 5.91. The van der Waals surface area contributed by atoms with Crippen LogP contribution >= 0.6 is 11.3 Å². The smallest absolute Gasteiger partial charge is 0.410 e. The zero-order chi connectivity index (χ0) is 24.0. The molecule has 0 unspecified atom stereocenters. The molecule has 1 aliphatic heterocycles. The maximum atomic E-state index is 13.8. The maximum Gasteiger partial charge on any atom is 0.410 e. The van der Waals surface area contributed by atoms with Crippen molar-refractivity contribution < 1.29 is 27.2 Å². The molecule has 2 atom stereocenters. The molecule has 2 amide bonds. The highest BCUT2D eigenvalue weighted by Gasteiger charge is 2.47. The van der Waals surface area contributed by atoms with Gasteiger partial charge >= 0.3 is 6.18 Å². The van der Waals surface area contributed by atoms with Crippen molar-refractivity contribution >= 4 is 34.0 Å². The monoisotopic (exact) mass is 493 g/mol. The Labute approximate surface area is 196 Å². The highest BCUT2D eigenvalue weighted by atomic mass is 32.1. The number of furan rings is 1. The second kappa shape index (κ2) is 8.49. The molecule has 0 saturated heterocycles. The number of primary amides is 1. The van der Waals surface area contributed by atoms with E-state index < -0.39 is 30.1 Å². The second-order valence-electron chi connectivity index (χ2n) is 8.45. The minimum absolute atomic E-state index is 0.0530. The molecule has 8 nitrogen and oxygen atoms in total. The van der Waals surface area contributed by atoms with Crippen LogP contribution in [0.25, 0.3) is 0 Å². The fraction of sp³-hybridized carbons (Fsp3) is 0.409. The van der Waals surface area contributed by atoms with E-state index in [9.17, 15) is 22.8 Å². The number of alkyl halides is 3. The van der Waals surface area contributed by atoms with Crippen LogP contribution in [0, 0.1) is 0 Å². The van der Waals surface area contributed by atoms with Gasteiger partial charge in [-0.1, -0.05) is 6.42 Å². The second-order valence-corrected chi connectivity index (χ2v) is 9.56. The first-order valence-corrected chi connectivity index (χ1v) is 11.8. The number of anilines is 2. The van der Waals surface area contributed by atoms with Crippen LogP contribution in [-0.4, -0.2) is 27.8 Å². The Bertz CT molecular complexity index is 1230. The molecule has 4 N–H and O–H groups in total. The molecule has 4 heterocycles. The van der Waals surface area contributed by atoms with Crippen LogP contribution in [0.4, 0.5) is 24.0 Å². The fourth-order valence-electron chi connectivity index (χ4n) is 4.62. The summed E-state index contributed by atoms with van der Waals surface area (Å²) in [5.41, 5.74) is 6.55. The molecule has 34 heavy (non-hydrogen) atoms. The van der Waals surface area contributed by atoms with E-state index in [0.29, 0.717) is 17.2 Å². The summed E-state index contributed by atoms with van der Waals surface area (Å²) in [7, 11) is 0. The Hall–Kier alpha value is -3.28. The van der Waals surface area contributed by atoms with Crippen LogP contribution in [-0.2, 0) is 12.8 Å². The minimum Gasteiger partial charge on any atom is -0.467 e. The number of rotatable bonds is 4. The first-order chi connectivity index (χ1) is 16.2. The Morgan fingerprint density at radius 1 is 1.26 bits per heavy atom. The first-order valence-electron chi connectivity index (χ1n) is 10.9. The van der Waals surface area contributed by atoms with E-state index in [0.717, 1.165) is 40.8 Å². The number of hydrogen-bond acceptors (Lipinski definition) is 6. The molecule has 0 aromatic carbocycles. The highest BCUT2D eigenvalue weighted by Crippen LogP contribution is 2.44. The lowest BCUT2D eigenvalue weighted by atomic mass is 10.0. The standard InChI is InChI=1S/C22H22F3N5O3S/c23-22(24,25)16-9-12(14-6-4-8-33-14)27-17-10-13(29-30(16)17)20(32)28-21-18(19(26)31)11-5-2-1-3-7-15(11)34-21/h4,6,8,10,12,16,27H,1-3,5,7,9H2,(H2,26,31)(H,28,32)/t12-,16-/m1/s1. The number of nitrogens with zero attached hydrogens (tertiary/aromatic N) is 2. The van der Waals surface area contributed by atoms with Crippen molar-refractivity contribution in [2.45, 2.75) is 56.8 Å². The first kappa shape index (κ1) is 22.5. The molecule has 3 aromatic heterocycles. The number of carbonyl (C=O) groups excluding carboxylic acids is 2. The zero-order valence-corrected chi connectivity index (χ0v) is 18.8. The van der Waals surface area contributed by atoms with Crippen molar-refractivity contribution in [1.82, 2.24) is 9.78 Å². The van der Waals surface area contributed by atoms with Gasteiger partial charge in [0.15, 0.2) is 11.7 Å². The van der Waals surface area contributed by atoms with E-state index >= 15 is 0 Å². The summed E-state index contributed by atoms with van der Waals surface area (Å²) in [5.74, 6) is -0.937. The van der Waals surface area contributed by atoms with Crippen LogP contribution < -0.4 is 16.4 Å². The number of carbonyl (C=O) groups is 2. The third kappa shape index (κ3) is 4.06. The van der Waals surface area contributed by atoms with Gasteiger partial charge in [-0.2, -0.15) is 18.3 Å². The number of hydrogen-bond donors (Lipinski definition) is 3. The van der Waals surface area contributed by atoms with Gasteiger partial charge in [-0.25, -0.2) is 4.68 Å². The number of nitrogens with two attached hydrogens (primary N) is 1.